The summed E-state index contributed by atoms with van der Waals surface area (Å²) in [5.74, 6) is 1.76. The first-order valence-corrected chi connectivity index (χ1v) is 12.7. The average molecular weight is 460 g/mol. The van der Waals surface area contributed by atoms with E-state index in [1.54, 1.807) is 4.57 Å². The molecule has 3 aromatic rings. The van der Waals surface area contributed by atoms with Crippen molar-refractivity contribution in [3.63, 3.8) is 0 Å². The summed E-state index contributed by atoms with van der Waals surface area (Å²) in [6.45, 7) is 8.92. The van der Waals surface area contributed by atoms with Crippen LogP contribution in [0.1, 0.15) is 76.7 Å². The van der Waals surface area contributed by atoms with E-state index in [0.717, 1.165) is 17.7 Å². The van der Waals surface area contributed by atoms with Gasteiger partial charge in [0.15, 0.2) is 0 Å². The zero-order valence-corrected chi connectivity index (χ0v) is 21.0. The number of fused-ring (bicyclic) bond motifs is 1. The van der Waals surface area contributed by atoms with E-state index in [9.17, 15) is 9.59 Å². The first kappa shape index (κ1) is 24.2. The lowest BCUT2D eigenvalue weighted by Crippen LogP contribution is -2.39. The maximum atomic E-state index is 13.7. The molecule has 5 nitrogen and oxygen atoms in total. The average Bonchev–Trinajstić information content (AvgIpc) is 3.35. The Balaban J connectivity index is 1.78. The van der Waals surface area contributed by atoms with Gasteiger partial charge in [0.1, 0.15) is 5.82 Å². The predicted octanol–water partition coefficient (Wildman–Crippen LogP) is 6.21. The van der Waals surface area contributed by atoms with Gasteiger partial charge in [-0.05, 0) is 55.9 Å². The lowest BCUT2D eigenvalue weighted by molar-refractivity contribution is -0.134. The van der Waals surface area contributed by atoms with Gasteiger partial charge in [-0.15, -0.1) is 0 Å². The van der Waals surface area contributed by atoms with Crippen molar-refractivity contribution in [3.8, 4) is 5.69 Å². The van der Waals surface area contributed by atoms with Crippen LogP contribution in [0.5, 0.6) is 0 Å². The van der Waals surface area contributed by atoms with E-state index in [4.69, 9.17) is 4.98 Å². The van der Waals surface area contributed by atoms with Crippen molar-refractivity contribution < 1.29 is 4.79 Å². The van der Waals surface area contributed by atoms with Gasteiger partial charge in [0.2, 0.25) is 5.91 Å². The summed E-state index contributed by atoms with van der Waals surface area (Å²) < 4.78 is 1.72. The Labute approximate surface area is 202 Å². The number of carbonyl (C=O) groups excluding carboxylic acids is 1. The van der Waals surface area contributed by atoms with Crippen molar-refractivity contribution in [1.29, 1.82) is 0 Å². The molecule has 1 aliphatic carbocycles. The van der Waals surface area contributed by atoms with Gasteiger partial charge in [-0.3, -0.25) is 14.2 Å². The van der Waals surface area contributed by atoms with Crippen LogP contribution in [0.4, 0.5) is 0 Å². The zero-order chi connectivity index (χ0) is 24.2. The minimum atomic E-state index is -0.324. The second kappa shape index (κ2) is 10.5. The topological polar surface area (TPSA) is 55.2 Å². The maximum absolute atomic E-state index is 13.7. The Kier molecular flexibility index (Phi) is 7.50. The third kappa shape index (κ3) is 5.08. The number of aromatic nitrogens is 2. The molecule has 1 aliphatic rings. The number of para-hydroxylation sites is 2. The van der Waals surface area contributed by atoms with Gasteiger partial charge in [-0.1, -0.05) is 69.9 Å². The van der Waals surface area contributed by atoms with E-state index in [0.29, 0.717) is 41.5 Å². The van der Waals surface area contributed by atoms with Crippen LogP contribution >= 0.6 is 0 Å². The molecule has 0 bridgehead atoms. The molecule has 0 aliphatic heterocycles. The standard InChI is InChI=1S/C29H37N3O2/c1-20(2)19-31(27(33)18-17-23-12-6-7-13-23)22(4)28-30-25-15-9-8-14-24(25)29(34)32(28)26-16-10-5-11-21(26)3/h5,8-11,14-16,20,22-23H,6-7,12-13,17-19H2,1-4H3. The molecule has 0 radical (unpaired) electrons. The number of amides is 1. The Bertz CT molecular complexity index is 1210. The fourth-order valence-corrected chi connectivity index (χ4v) is 5.26. The van der Waals surface area contributed by atoms with Crippen LogP contribution in [0.3, 0.4) is 0 Å². The van der Waals surface area contributed by atoms with Crippen LogP contribution in [0, 0.1) is 18.8 Å². The summed E-state index contributed by atoms with van der Waals surface area (Å²) in [6.07, 6.45) is 6.57. The monoisotopic (exact) mass is 459 g/mol. The van der Waals surface area contributed by atoms with Crippen molar-refractivity contribution in [2.45, 2.75) is 72.3 Å². The van der Waals surface area contributed by atoms with E-state index >= 15 is 0 Å². The molecule has 34 heavy (non-hydrogen) atoms. The summed E-state index contributed by atoms with van der Waals surface area (Å²) in [5, 5.41) is 0.588. The van der Waals surface area contributed by atoms with Crippen LogP contribution in [-0.2, 0) is 4.79 Å². The minimum absolute atomic E-state index is 0.0929. The van der Waals surface area contributed by atoms with Gasteiger partial charge in [0.25, 0.3) is 5.56 Å². The number of carbonyl (C=O) groups is 1. The highest BCUT2D eigenvalue weighted by Gasteiger charge is 2.28. The third-order valence-corrected chi connectivity index (χ3v) is 7.12. The van der Waals surface area contributed by atoms with Crippen molar-refractivity contribution in [3.05, 3.63) is 70.3 Å². The lowest BCUT2D eigenvalue weighted by Gasteiger charge is -2.32. The first-order chi connectivity index (χ1) is 16.4. The predicted molar refractivity (Wildman–Crippen MR) is 138 cm³/mol. The molecule has 0 spiro atoms. The van der Waals surface area contributed by atoms with Crippen molar-refractivity contribution >= 4 is 16.8 Å². The van der Waals surface area contributed by atoms with Crippen LogP contribution in [0.2, 0.25) is 0 Å². The summed E-state index contributed by atoms with van der Waals surface area (Å²) >= 11 is 0. The van der Waals surface area contributed by atoms with Gasteiger partial charge in [-0.2, -0.15) is 0 Å². The summed E-state index contributed by atoms with van der Waals surface area (Å²) in [6, 6.07) is 15.0. The van der Waals surface area contributed by atoms with Gasteiger partial charge in [0, 0.05) is 13.0 Å². The molecule has 1 unspecified atom stereocenters. The number of rotatable bonds is 8. The van der Waals surface area contributed by atoms with Gasteiger partial charge < -0.3 is 4.90 Å². The molecule has 4 rings (SSSR count). The summed E-state index contributed by atoms with van der Waals surface area (Å²) in [5.41, 5.74) is 2.39. The number of hydrogen-bond acceptors (Lipinski definition) is 3. The highest BCUT2D eigenvalue weighted by atomic mass is 16.2. The lowest BCUT2D eigenvalue weighted by atomic mass is 10.0. The van der Waals surface area contributed by atoms with Crippen LogP contribution < -0.4 is 5.56 Å². The van der Waals surface area contributed by atoms with Crippen molar-refractivity contribution in [2.75, 3.05) is 6.54 Å². The Morgan fingerprint density at radius 3 is 2.44 bits per heavy atom. The Morgan fingerprint density at radius 1 is 1.06 bits per heavy atom. The number of hydrogen-bond donors (Lipinski definition) is 0. The fraction of sp³-hybridized carbons (Fsp3) is 0.483. The Hall–Kier alpha value is -2.95. The molecule has 1 heterocycles. The highest BCUT2D eigenvalue weighted by molar-refractivity contribution is 5.79. The molecule has 1 atom stereocenters. The van der Waals surface area contributed by atoms with E-state index in [-0.39, 0.29) is 17.5 Å². The molecule has 0 saturated heterocycles. The van der Waals surface area contributed by atoms with E-state index < -0.39 is 0 Å². The minimum Gasteiger partial charge on any atom is -0.333 e. The number of nitrogens with zero attached hydrogens (tertiary/aromatic N) is 3. The maximum Gasteiger partial charge on any atom is 0.266 e. The first-order valence-electron chi connectivity index (χ1n) is 12.7. The zero-order valence-electron chi connectivity index (χ0n) is 21.0. The molecular weight excluding hydrogens is 422 g/mol. The smallest absolute Gasteiger partial charge is 0.266 e. The Morgan fingerprint density at radius 2 is 1.74 bits per heavy atom. The molecular formula is C29H37N3O2. The van der Waals surface area contributed by atoms with Crippen molar-refractivity contribution in [1.82, 2.24) is 14.5 Å². The molecule has 1 aromatic heterocycles. The van der Waals surface area contributed by atoms with Gasteiger partial charge in [0.05, 0.1) is 22.6 Å². The quantitative estimate of drug-likeness (QED) is 0.402. The molecule has 1 saturated carbocycles. The molecule has 1 fully saturated rings. The number of benzene rings is 2. The van der Waals surface area contributed by atoms with E-state index in [1.165, 1.54) is 25.7 Å². The molecule has 0 N–H and O–H groups in total. The van der Waals surface area contributed by atoms with Crippen LogP contribution in [0.15, 0.2) is 53.3 Å². The fourth-order valence-electron chi connectivity index (χ4n) is 5.26. The molecule has 180 valence electrons. The van der Waals surface area contributed by atoms with Gasteiger partial charge >= 0.3 is 0 Å². The normalized spacial score (nSPS) is 15.2. The van der Waals surface area contributed by atoms with Crippen molar-refractivity contribution in [2.24, 2.45) is 11.8 Å². The second-order valence-corrected chi connectivity index (χ2v) is 10.2. The largest absolute Gasteiger partial charge is 0.333 e. The SMILES string of the molecule is Cc1ccccc1-n1c(C(C)N(CC(C)C)C(=O)CCC2CCCC2)nc2ccccc2c1=O. The second-order valence-electron chi connectivity index (χ2n) is 10.2. The summed E-state index contributed by atoms with van der Waals surface area (Å²) in [7, 11) is 0. The molecule has 2 aromatic carbocycles. The van der Waals surface area contributed by atoms with Gasteiger partial charge in [-0.25, -0.2) is 4.98 Å². The molecule has 5 heteroatoms. The van der Waals surface area contributed by atoms with Crippen LogP contribution in [0.25, 0.3) is 16.6 Å². The molecule has 1 amide bonds. The highest BCUT2D eigenvalue weighted by Crippen LogP contribution is 2.30. The summed E-state index contributed by atoms with van der Waals surface area (Å²) in [4.78, 5) is 34.2. The van der Waals surface area contributed by atoms with E-state index in [2.05, 4.69) is 13.8 Å². The van der Waals surface area contributed by atoms with Crippen LogP contribution in [-0.4, -0.2) is 26.9 Å². The number of aryl methyl sites for hydroxylation is 1. The third-order valence-electron chi connectivity index (χ3n) is 7.12. The van der Waals surface area contributed by atoms with E-state index in [1.807, 2.05) is 67.3 Å².